The number of hydrogen-bond donors (Lipinski definition) is 3. The Balaban J connectivity index is 1.62. The van der Waals surface area contributed by atoms with Crippen LogP contribution in [-0.2, 0) is 19.3 Å². The van der Waals surface area contributed by atoms with E-state index in [2.05, 4.69) is 20.3 Å². The molecule has 0 aliphatic heterocycles. The standard InChI is InChI=1S/C19H17ClN6O4/c1-7-2-3-10-13(7)16(27)23-24-18(10)30-14-9-5-4-8(9)12(6-11(14)20)26-19(29)22-17(28)15(21)25-26/h6-7H,2-5H2,1H3,(H2,21,25)(H,23,27)(H,22,28,29). The monoisotopic (exact) mass is 428 g/mol. The molecule has 3 aromatic rings. The van der Waals surface area contributed by atoms with Crippen LogP contribution in [0, 0.1) is 0 Å². The van der Waals surface area contributed by atoms with E-state index in [-0.39, 0.29) is 22.3 Å². The Morgan fingerprint density at radius 1 is 1.17 bits per heavy atom. The molecule has 30 heavy (non-hydrogen) atoms. The van der Waals surface area contributed by atoms with E-state index in [4.69, 9.17) is 22.1 Å². The average molecular weight is 429 g/mol. The van der Waals surface area contributed by atoms with E-state index in [0.29, 0.717) is 42.1 Å². The summed E-state index contributed by atoms with van der Waals surface area (Å²) in [6.07, 6.45) is 2.93. The summed E-state index contributed by atoms with van der Waals surface area (Å²) in [6, 6.07) is 1.55. The van der Waals surface area contributed by atoms with E-state index in [1.165, 1.54) is 0 Å². The molecular weight excluding hydrogens is 412 g/mol. The minimum Gasteiger partial charge on any atom is -0.435 e. The Morgan fingerprint density at radius 2 is 1.93 bits per heavy atom. The van der Waals surface area contributed by atoms with Crippen molar-refractivity contribution >= 4 is 17.4 Å². The van der Waals surface area contributed by atoms with Crippen molar-refractivity contribution in [3.05, 3.63) is 64.5 Å². The third-order valence-corrected chi connectivity index (χ3v) is 6.02. The molecule has 4 N–H and O–H groups in total. The van der Waals surface area contributed by atoms with Gasteiger partial charge in [-0.05, 0) is 43.2 Å². The largest absolute Gasteiger partial charge is 0.435 e. The molecule has 0 amide bonds. The molecule has 0 fully saturated rings. The second-order valence-corrected chi connectivity index (χ2v) is 7.92. The van der Waals surface area contributed by atoms with Gasteiger partial charge in [0.1, 0.15) is 0 Å². The molecule has 2 aromatic heterocycles. The van der Waals surface area contributed by atoms with Gasteiger partial charge in [0.2, 0.25) is 11.7 Å². The fourth-order valence-electron chi connectivity index (χ4n) is 4.13. The Morgan fingerprint density at radius 3 is 2.67 bits per heavy atom. The molecule has 1 aromatic carbocycles. The molecule has 0 radical (unpaired) electrons. The van der Waals surface area contributed by atoms with Crippen LogP contribution in [-0.4, -0.2) is 25.0 Å². The van der Waals surface area contributed by atoms with Crippen LogP contribution in [0.3, 0.4) is 0 Å². The van der Waals surface area contributed by atoms with Gasteiger partial charge in [0, 0.05) is 16.7 Å². The molecule has 0 spiro atoms. The van der Waals surface area contributed by atoms with Crippen LogP contribution in [0.2, 0.25) is 5.02 Å². The number of rotatable bonds is 3. The Kier molecular flexibility index (Phi) is 4.07. The highest BCUT2D eigenvalue weighted by Crippen LogP contribution is 2.44. The zero-order valence-electron chi connectivity index (χ0n) is 15.9. The molecule has 2 aliphatic carbocycles. The van der Waals surface area contributed by atoms with Crippen molar-refractivity contribution < 1.29 is 4.74 Å². The Bertz CT molecular complexity index is 1390. The summed E-state index contributed by atoms with van der Waals surface area (Å²) in [7, 11) is 0. The lowest BCUT2D eigenvalue weighted by molar-refractivity contribution is 0.438. The van der Waals surface area contributed by atoms with Gasteiger partial charge in [-0.15, -0.1) is 10.2 Å². The highest BCUT2D eigenvalue weighted by molar-refractivity contribution is 6.32. The number of nitrogens with one attached hydrogen (secondary N) is 2. The van der Waals surface area contributed by atoms with Gasteiger partial charge in [-0.3, -0.25) is 14.6 Å². The zero-order chi connectivity index (χ0) is 21.2. The van der Waals surface area contributed by atoms with Crippen LogP contribution in [0.5, 0.6) is 11.6 Å². The number of aromatic nitrogens is 5. The molecule has 1 atom stereocenters. The van der Waals surface area contributed by atoms with Gasteiger partial charge in [-0.1, -0.05) is 18.5 Å². The number of halogens is 1. The first-order chi connectivity index (χ1) is 14.3. The predicted octanol–water partition coefficient (Wildman–Crippen LogP) is 1.18. The summed E-state index contributed by atoms with van der Waals surface area (Å²) in [4.78, 5) is 38.0. The maximum Gasteiger partial charge on any atom is 0.349 e. The minimum atomic E-state index is -0.742. The quantitative estimate of drug-likeness (QED) is 0.567. The van der Waals surface area contributed by atoms with Crippen molar-refractivity contribution in [2.45, 2.75) is 38.5 Å². The van der Waals surface area contributed by atoms with Gasteiger partial charge < -0.3 is 10.5 Å². The van der Waals surface area contributed by atoms with Crippen molar-refractivity contribution in [1.82, 2.24) is 25.0 Å². The third kappa shape index (κ3) is 2.67. The maximum atomic E-state index is 12.2. The Hall–Kier alpha value is -3.40. The number of nitrogen functional groups attached to an aromatic ring is 1. The number of benzene rings is 1. The zero-order valence-corrected chi connectivity index (χ0v) is 16.7. The molecule has 5 rings (SSSR count). The fraction of sp³-hybridized carbons (Fsp3) is 0.316. The van der Waals surface area contributed by atoms with Crippen LogP contribution in [0.4, 0.5) is 5.82 Å². The fourth-order valence-corrected chi connectivity index (χ4v) is 4.39. The van der Waals surface area contributed by atoms with Gasteiger partial charge in [-0.25, -0.2) is 9.89 Å². The lowest BCUT2D eigenvalue weighted by Gasteiger charge is -2.26. The highest BCUT2D eigenvalue weighted by atomic mass is 35.5. The summed E-state index contributed by atoms with van der Waals surface area (Å²) in [6.45, 7) is 2.00. The number of nitrogens with zero attached hydrogens (tertiary/aromatic N) is 3. The van der Waals surface area contributed by atoms with Gasteiger partial charge in [0.15, 0.2) is 5.75 Å². The molecule has 2 aliphatic rings. The Labute approximate surface area is 173 Å². The second-order valence-electron chi connectivity index (χ2n) is 7.51. The molecular formula is C19H17ClN6O4. The van der Waals surface area contributed by atoms with E-state index in [1.54, 1.807) is 6.07 Å². The molecule has 1 unspecified atom stereocenters. The van der Waals surface area contributed by atoms with Crippen molar-refractivity contribution in [2.75, 3.05) is 5.73 Å². The first-order valence-electron chi connectivity index (χ1n) is 9.48. The molecule has 154 valence electrons. The van der Waals surface area contributed by atoms with Gasteiger partial charge in [0.25, 0.3) is 11.1 Å². The molecule has 0 bridgehead atoms. The van der Waals surface area contributed by atoms with E-state index in [0.717, 1.165) is 27.8 Å². The highest BCUT2D eigenvalue weighted by Gasteiger charge is 2.31. The minimum absolute atomic E-state index is 0.138. The first-order valence-corrected chi connectivity index (χ1v) is 9.86. The number of hydrogen-bond acceptors (Lipinski definition) is 7. The lowest BCUT2D eigenvalue weighted by atomic mass is 9.86. The predicted molar refractivity (Wildman–Crippen MR) is 109 cm³/mol. The van der Waals surface area contributed by atoms with Crippen LogP contribution in [0.15, 0.2) is 20.4 Å². The summed E-state index contributed by atoms with van der Waals surface area (Å²) < 4.78 is 7.11. The van der Waals surface area contributed by atoms with Crippen molar-refractivity contribution in [3.63, 3.8) is 0 Å². The summed E-state index contributed by atoms with van der Waals surface area (Å²) in [5.74, 6) is 0.592. The van der Waals surface area contributed by atoms with Crippen LogP contribution >= 0.6 is 11.6 Å². The van der Waals surface area contributed by atoms with Crippen molar-refractivity contribution in [2.24, 2.45) is 0 Å². The number of nitrogens with two attached hydrogens (primary N) is 1. The number of H-pyrrole nitrogens is 2. The SMILES string of the molecule is CC1CCc2c(Oc3c(Cl)cc(-n4nc(N)c(=O)[nH]c4=O)c4c3CC4)n[nH]c(=O)c21. The molecule has 0 saturated heterocycles. The van der Waals surface area contributed by atoms with Gasteiger partial charge in [0.05, 0.1) is 10.7 Å². The van der Waals surface area contributed by atoms with Crippen LogP contribution in [0.25, 0.3) is 5.69 Å². The normalized spacial score (nSPS) is 16.7. The van der Waals surface area contributed by atoms with Crippen molar-refractivity contribution in [3.8, 4) is 17.3 Å². The van der Waals surface area contributed by atoms with Crippen molar-refractivity contribution in [1.29, 1.82) is 0 Å². The van der Waals surface area contributed by atoms with Gasteiger partial charge >= 0.3 is 5.69 Å². The molecule has 10 nitrogen and oxygen atoms in total. The molecule has 11 heteroatoms. The van der Waals surface area contributed by atoms with Crippen LogP contribution < -0.4 is 27.3 Å². The number of aromatic amines is 2. The summed E-state index contributed by atoms with van der Waals surface area (Å²) in [5, 5.41) is 10.7. The number of fused-ring (bicyclic) bond motifs is 2. The number of anilines is 1. The van der Waals surface area contributed by atoms with Crippen LogP contribution in [0.1, 0.15) is 41.5 Å². The van der Waals surface area contributed by atoms with E-state index in [1.807, 2.05) is 6.92 Å². The summed E-state index contributed by atoms with van der Waals surface area (Å²) in [5.41, 5.74) is 7.51. The molecule has 0 saturated carbocycles. The van der Waals surface area contributed by atoms with E-state index < -0.39 is 11.2 Å². The molecule has 2 heterocycles. The average Bonchev–Trinajstić information content (AvgIpc) is 3.06. The maximum absolute atomic E-state index is 12.2. The van der Waals surface area contributed by atoms with E-state index >= 15 is 0 Å². The number of ether oxygens (including phenoxy) is 1. The lowest BCUT2D eigenvalue weighted by Crippen LogP contribution is -2.34. The summed E-state index contributed by atoms with van der Waals surface area (Å²) >= 11 is 6.50. The smallest absolute Gasteiger partial charge is 0.349 e. The van der Waals surface area contributed by atoms with E-state index in [9.17, 15) is 14.4 Å². The third-order valence-electron chi connectivity index (χ3n) is 5.74. The first kappa shape index (κ1) is 18.6. The second kappa shape index (κ2) is 6.56. The topological polar surface area (TPSA) is 149 Å². The van der Waals surface area contributed by atoms with Gasteiger partial charge in [-0.2, -0.15) is 4.68 Å².